The highest BCUT2D eigenvalue weighted by molar-refractivity contribution is 5.83. The summed E-state index contributed by atoms with van der Waals surface area (Å²) in [5.74, 6) is -0.873. The number of carbonyl (C=O) groups excluding carboxylic acids is 2. The van der Waals surface area contributed by atoms with Crippen LogP contribution in [0.3, 0.4) is 0 Å². The lowest BCUT2D eigenvalue weighted by Gasteiger charge is -2.22. The SMILES string of the molecule is O=C(CCNC(=O)[C@@H]1C[C@H]1[N+](=O)[O-])NC1CCCCC1. The third kappa shape index (κ3) is 4.18. The van der Waals surface area contributed by atoms with Gasteiger partial charge in [-0.15, -0.1) is 0 Å². The second kappa shape index (κ2) is 6.67. The summed E-state index contributed by atoms with van der Waals surface area (Å²) in [4.78, 5) is 33.2. The van der Waals surface area contributed by atoms with Gasteiger partial charge in [0.1, 0.15) is 5.92 Å². The summed E-state index contributed by atoms with van der Waals surface area (Å²) in [6.45, 7) is 0.248. The third-order valence-electron chi connectivity index (χ3n) is 3.99. The number of nitrogens with one attached hydrogen (secondary N) is 2. The van der Waals surface area contributed by atoms with Crippen LogP contribution in [0.15, 0.2) is 0 Å². The summed E-state index contributed by atoms with van der Waals surface area (Å²) in [7, 11) is 0. The first kappa shape index (κ1) is 14.7. The van der Waals surface area contributed by atoms with E-state index in [1.54, 1.807) is 0 Å². The van der Waals surface area contributed by atoms with Gasteiger partial charge in [0.15, 0.2) is 0 Å². The highest BCUT2D eigenvalue weighted by atomic mass is 16.6. The number of carbonyl (C=O) groups is 2. The van der Waals surface area contributed by atoms with Crippen LogP contribution in [0.5, 0.6) is 0 Å². The van der Waals surface area contributed by atoms with E-state index in [4.69, 9.17) is 0 Å². The van der Waals surface area contributed by atoms with Crippen LogP contribution in [0.2, 0.25) is 0 Å². The third-order valence-corrected chi connectivity index (χ3v) is 3.99. The predicted molar refractivity (Wildman–Crippen MR) is 71.5 cm³/mol. The van der Waals surface area contributed by atoms with E-state index in [1.807, 2.05) is 0 Å². The van der Waals surface area contributed by atoms with Crippen LogP contribution in [-0.2, 0) is 9.59 Å². The molecule has 0 radical (unpaired) electrons. The highest BCUT2D eigenvalue weighted by Crippen LogP contribution is 2.32. The fraction of sp³-hybridized carbons (Fsp3) is 0.846. The molecule has 0 aromatic heterocycles. The van der Waals surface area contributed by atoms with E-state index in [9.17, 15) is 19.7 Å². The Labute approximate surface area is 117 Å². The van der Waals surface area contributed by atoms with Crippen molar-refractivity contribution in [2.45, 2.75) is 57.0 Å². The van der Waals surface area contributed by atoms with E-state index >= 15 is 0 Å². The molecule has 2 fully saturated rings. The Balaban J connectivity index is 1.57. The fourth-order valence-corrected chi connectivity index (χ4v) is 2.67. The molecule has 7 heteroatoms. The molecular formula is C13H21N3O4. The number of amides is 2. The molecule has 7 nitrogen and oxygen atoms in total. The van der Waals surface area contributed by atoms with Gasteiger partial charge in [0.2, 0.25) is 17.9 Å². The molecule has 0 bridgehead atoms. The molecule has 0 aliphatic heterocycles. The Kier molecular flexibility index (Phi) is 4.92. The van der Waals surface area contributed by atoms with E-state index in [0.717, 1.165) is 25.7 Å². The van der Waals surface area contributed by atoms with Crippen LogP contribution in [0.4, 0.5) is 0 Å². The van der Waals surface area contributed by atoms with Crippen molar-refractivity contribution < 1.29 is 14.5 Å². The van der Waals surface area contributed by atoms with Crippen LogP contribution >= 0.6 is 0 Å². The van der Waals surface area contributed by atoms with Crippen molar-refractivity contribution in [3.63, 3.8) is 0 Å². The number of hydrogen-bond acceptors (Lipinski definition) is 4. The standard InChI is InChI=1S/C13H21N3O4/c17-12(15-9-4-2-1-3-5-9)6-7-14-13(18)10-8-11(10)16(19)20/h9-11H,1-8H2,(H,14,18)(H,15,17)/t10-,11-/m1/s1. The van der Waals surface area contributed by atoms with Gasteiger partial charge >= 0.3 is 0 Å². The number of nitro groups is 1. The average molecular weight is 283 g/mol. The largest absolute Gasteiger partial charge is 0.355 e. The molecule has 2 aliphatic carbocycles. The van der Waals surface area contributed by atoms with Gasteiger partial charge in [0.25, 0.3) is 0 Å². The van der Waals surface area contributed by atoms with Crippen molar-refractivity contribution >= 4 is 11.8 Å². The van der Waals surface area contributed by atoms with Crippen LogP contribution in [0.1, 0.15) is 44.9 Å². The summed E-state index contributed by atoms with van der Waals surface area (Å²) in [5, 5.41) is 16.0. The van der Waals surface area contributed by atoms with E-state index in [-0.39, 0.29) is 30.8 Å². The van der Waals surface area contributed by atoms with Crippen molar-refractivity contribution in [2.24, 2.45) is 5.92 Å². The van der Waals surface area contributed by atoms with Crippen molar-refractivity contribution in [2.75, 3.05) is 6.54 Å². The van der Waals surface area contributed by atoms with Crippen molar-refractivity contribution in [1.82, 2.24) is 10.6 Å². The maximum Gasteiger partial charge on any atom is 0.230 e. The monoisotopic (exact) mass is 283 g/mol. The van der Waals surface area contributed by atoms with Gasteiger partial charge in [-0.3, -0.25) is 19.7 Å². The summed E-state index contributed by atoms with van der Waals surface area (Å²) in [5.41, 5.74) is 0. The lowest BCUT2D eigenvalue weighted by Crippen LogP contribution is -2.38. The van der Waals surface area contributed by atoms with Crippen LogP contribution in [-0.4, -0.2) is 35.4 Å². The summed E-state index contributed by atoms with van der Waals surface area (Å²) < 4.78 is 0. The van der Waals surface area contributed by atoms with Gasteiger partial charge < -0.3 is 10.6 Å². The molecule has 0 unspecified atom stereocenters. The fourth-order valence-electron chi connectivity index (χ4n) is 2.67. The van der Waals surface area contributed by atoms with Crippen LogP contribution in [0, 0.1) is 16.0 Å². The summed E-state index contributed by atoms with van der Waals surface area (Å²) in [6.07, 6.45) is 6.17. The molecule has 2 N–H and O–H groups in total. The summed E-state index contributed by atoms with van der Waals surface area (Å²) in [6, 6.07) is -0.458. The topological polar surface area (TPSA) is 101 Å². The lowest BCUT2D eigenvalue weighted by atomic mass is 9.95. The molecule has 20 heavy (non-hydrogen) atoms. The molecule has 2 atom stereocenters. The van der Waals surface area contributed by atoms with Crippen molar-refractivity contribution in [3.8, 4) is 0 Å². The van der Waals surface area contributed by atoms with Gasteiger partial charge in [0.05, 0.1) is 0 Å². The van der Waals surface area contributed by atoms with Gasteiger partial charge in [-0.1, -0.05) is 19.3 Å². The minimum Gasteiger partial charge on any atom is -0.355 e. The minimum absolute atomic E-state index is 0.0566. The first-order chi connectivity index (χ1) is 9.58. The number of nitrogens with zero attached hydrogens (tertiary/aromatic N) is 1. The van der Waals surface area contributed by atoms with Gasteiger partial charge in [-0.05, 0) is 12.8 Å². The van der Waals surface area contributed by atoms with E-state index < -0.39 is 16.9 Å². The Hall–Kier alpha value is -1.66. The Morgan fingerprint density at radius 3 is 2.50 bits per heavy atom. The lowest BCUT2D eigenvalue weighted by molar-refractivity contribution is -0.497. The Morgan fingerprint density at radius 2 is 1.90 bits per heavy atom. The molecule has 0 aromatic rings. The first-order valence-corrected chi connectivity index (χ1v) is 7.28. The zero-order valence-corrected chi connectivity index (χ0v) is 11.5. The molecule has 0 heterocycles. The number of hydrogen-bond donors (Lipinski definition) is 2. The molecule has 2 saturated carbocycles. The van der Waals surface area contributed by atoms with Crippen LogP contribution in [0.25, 0.3) is 0 Å². The zero-order chi connectivity index (χ0) is 14.5. The Bertz CT molecular complexity index is 393. The van der Waals surface area contributed by atoms with Crippen molar-refractivity contribution in [3.05, 3.63) is 10.1 Å². The highest BCUT2D eigenvalue weighted by Gasteiger charge is 2.53. The molecular weight excluding hydrogens is 262 g/mol. The molecule has 2 aliphatic rings. The maximum absolute atomic E-state index is 11.7. The second-order valence-electron chi connectivity index (χ2n) is 5.64. The normalized spacial score (nSPS) is 25.8. The minimum atomic E-state index is -0.730. The van der Waals surface area contributed by atoms with E-state index in [1.165, 1.54) is 6.42 Å². The molecule has 2 rings (SSSR count). The van der Waals surface area contributed by atoms with Gasteiger partial charge in [-0.2, -0.15) is 0 Å². The Morgan fingerprint density at radius 1 is 1.20 bits per heavy atom. The number of rotatable bonds is 6. The van der Waals surface area contributed by atoms with Gasteiger partial charge in [0, 0.05) is 30.4 Å². The van der Waals surface area contributed by atoms with Crippen LogP contribution < -0.4 is 10.6 Å². The van der Waals surface area contributed by atoms with Gasteiger partial charge in [-0.25, -0.2) is 0 Å². The smallest absolute Gasteiger partial charge is 0.230 e. The average Bonchev–Trinajstić information content (AvgIpc) is 3.20. The zero-order valence-electron chi connectivity index (χ0n) is 11.5. The first-order valence-electron chi connectivity index (χ1n) is 7.28. The molecule has 112 valence electrons. The van der Waals surface area contributed by atoms with E-state index in [2.05, 4.69) is 10.6 Å². The van der Waals surface area contributed by atoms with Crippen molar-refractivity contribution in [1.29, 1.82) is 0 Å². The summed E-state index contributed by atoms with van der Waals surface area (Å²) >= 11 is 0. The molecule has 0 aromatic carbocycles. The molecule has 2 amide bonds. The second-order valence-corrected chi connectivity index (χ2v) is 5.64. The maximum atomic E-state index is 11.7. The predicted octanol–water partition coefficient (Wildman–Crippen LogP) is 0.607. The van der Waals surface area contributed by atoms with E-state index in [0.29, 0.717) is 6.42 Å². The molecule has 0 saturated heterocycles. The molecule has 0 spiro atoms. The quantitative estimate of drug-likeness (QED) is 0.550.